The first-order chi connectivity index (χ1) is 5.29. The highest BCUT2D eigenvalue weighted by atomic mass is 16.5. The minimum Gasteiger partial charge on any atom is -0.376 e. The molecule has 0 aromatic rings. The van der Waals surface area contributed by atoms with Crippen LogP contribution in [0.25, 0.3) is 0 Å². The van der Waals surface area contributed by atoms with Crippen molar-refractivity contribution < 1.29 is 4.74 Å². The first-order valence-electron chi connectivity index (χ1n) is 4.26. The molecule has 0 aromatic carbocycles. The molecule has 1 unspecified atom stereocenters. The standard InChI is InChI=1S/C8H18N2O/c1-10(2)7-8-3-4-9-5-6-11-8/h8-9H,3-7H2,1-2H3. The summed E-state index contributed by atoms with van der Waals surface area (Å²) < 4.78 is 5.61. The average Bonchev–Trinajstić information content (AvgIpc) is 2.14. The van der Waals surface area contributed by atoms with Gasteiger partial charge in [0.05, 0.1) is 12.7 Å². The molecule has 66 valence electrons. The summed E-state index contributed by atoms with van der Waals surface area (Å²) >= 11 is 0. The maximum absolute atomic E-state index is 5.61. The number of ether oxygens (including phenoxy) is 1. The van der Waals surface area contributed by atoms with Crippen LogP contribution in [-0.2, 0) is 4.74 Å². The van der Waals surface area contributed by atoms with E-state index in [4.69, 9.17) is 4.74 Å². The Labute approximate surface area is 68.7 Å². The molecular weight excluding hydrogens is 140 g/mol. The molecule has 0 aliphatic carbocycles. The lowest BCUT2D eigenvalue weighted by Crippen LogP contribution is -2.28. The second kappa shape index (κ2) is 4.70. The number of nitrogens with zero attached hydrogens (tertiary/aromatic N) is 1. The van der Waals surface area contributed by atoms with E-state index in [1.807, 2.05) is 0 Å². The van der Waals surface area contributed by atoms with Crippen LogP contribution in [0.1, 0.15) is 6.42 Å². The van der Waals surface area contributed by atoms with Gasteiger partial charge in [0.1, 0.15) is 0 Å². The molecule has 3 heteroatoms. The average molecular weight is 158 g/mol. The summed E-state index contributed by atoms with van der Waals surface area (Å²) in [6.07, 6.45) is 1.57. The second-order valence-electron chi connectivity index (χ2n) is 3.29. The predicted octanol–water partition coefficient (Wildman–Crippen LogP) is -0.0735. The lowest BCUT2D eigenvalue weighted by Gasteiger charge is -2.18. The summed E-state index contributed by atoms with van der Waals surface area (Å²) in [5, 5.41) is 3.31. The minimum absolute atomic E-state index is 0.431. The van der Waals surface area contributed by atoms with Crippen LogP contribution < -0.4 is 5.32 Å². The Morgan fingerprint density at radius 3 is 3.00 bits per heavy atom. The van der Waals surface area contributed by atoms with Gasteiger partial charge in [0.25, 0.3) is 0 Å². The van der Waals surface area contributed by atoms with Crippen LogP contribution in [0.4, 0.5) is 0 Å². The molecule has 1 atom stereocenters. The molecule has 1 aliphatic rings. The SMILES string of the molecule is CN(C)CC1CCNCCO1. The molecule has 0 bridgehead atoms. The van der Waals surface area contributed by atoms with E-state index in [1.54, 1.807) is 0 Å². The Morgan fingerprint density at radius 2 is 2.27 bits per heavy atom. The normalized spacial score (nSPS) is 27.0. The summed E-state index contributed by atoms with van der Waals surface area (Å²) in [6.45, 7) is 4.00. The van der Waals surface area contributed by atoms with Gasteiger partial charge in [0, 0.05) is 13.1 Å². The van der Waals surface area contributed by atoms with Gasteiger partial charge in [0.15, 0.2) is 0 Å². The molecule has 11 heavy (non-hydrogen) atoms. The fraction of sp³-hybridized carbons (Fsp3) is 1.00. The molecule has 0 radical (unpaired) electrons. The zero-order chi connectivity index (χ0) is 8.10. The van der Waals surface area contributed by atoms with Crippen molar-refractivity contribution in [2.45, 2.75) is 12.5 Å². The summed E-state index contributed by atoms with van der Waals surface area (Å²) in [5.41, 5.74) is 0. The van der Waals surface area contributed by atoms with E-state index < -0.39 is 0 Å². The van der Waals surface area contributed by atoms with Gasteiger partial charge in [-0.2, -0.15) is 0 Å². The Bertz CT molecular complexity index is 98.3. The molecule has 1 saturated heterocycles. The Hall–Kier alpha value is -0.120. The Balaban J connectivity index is 2.20. The lowest BCUT2D eigenvalue weighted by atomic mass is 10.2. The molecule has 1 rings (SSSR count). The zero-order valence-corrected chi connectivity index (χ0v) is 7.47. The minimum atomic E-state index is 0.431. The fourth-order valence-electron chi connectivity index (χ4n) is 1.32. The molecule has 1 N–H and O–H groups in total. The molecule has 0 amide bonds. The van der Waals surface area contributed by atoms with E-state index in [0.717, 1.165) is 32.7 Å². The molecule has 0 spiro atoms. The monoisotopic (exact) mass is 158 g/mol. The fourth-order valence-corrected chi connectivity index (χ4v) is 1.32. The number of rotatable bonds is 2. The van der Waals surface area contributed by atoms with Crippen LogP contribution in [0.15, 0.2) is 0 Å². The van der Waals surface area contributed by atoms with Crippen molar-refractivity contribution in [3.63, 3.8) is 0 Å². The zero-order valence-electron chi connectivity index (χ0n) is 7.47. The van der Waals surface area contributed by atoms with Gasteiger partial charge in [-0.1, -0.05) is 0 Å². The van der Waals surface area contributed by atoms with Crippen molar-refractivity contribution in [1.29, 1.82) is 0 Å². The van der Waals surface area contributed by atoms with Gasteiger partial charge in [-0.3, -0.25) is 0 Å². The largest absolute Gasteiger partial charge is 0.376 e. The summed E-state index contributed by atoms with van der Waals surface area (Å²) in [7, 11) is 4.17. The third-order valence-corrected chi connectivity index (χ3v) is 1.84. The highest BCUT2D eigenvalue weighted by Gasteiger charge is 2.12. The van der Waals surface area contributed by atoms with Gasteiger partial charge < -0.3 is 15.0 Å². The second-order valence-corrected chi connectivity index (χ2v) is 3.29. The maximum atomic E-state index is 5.61. The lowest BCUT2D eigenvalue weighted by molar-refractivity contribution is 0.0461. The molecule has 1 aliphatic heterocycles. The predicted molar refractivity (Wildman–Crippen MR) is 45.8 cm³/mol. The first-order valence-corrected chi connectivity index (χ1v) is 4.26. The Morgan fingerprint density at radius 1 is 1.45 bits per heavy atom. The molecule has 1 fully saturated rings. The van der Waals surface area contributed by atoms with E-state index in [-0.39, 0.29) is 0 Å². The van der Waals surface area contributed by atoms with Gasteiger partial charge in [0.2, 0.25) is 0 Å². The summed E-state index contributed by atoms with van der Waals surface area (Å²) in [5.74, 6) is 0. The van der Waals surface area contributed by atoms with Crippen molar-refractivity contribution in [2.24, 2.45) is 0 Å². The number of hydrogen-bond acceptors (Lipinski definition) is 3. The van der Waals surface area contributed by atoms with Crippen LogP contribution in [0.2, 0.25) is 0 Å². The van der Waals surface area contributed by atoms with E-state index in [0.29, 0.717) is 6.10 Å². The van der Waals surface area contributed by atoms with Crippen LogP contribution in [0.3, 0.4) is 0 Å². The van der Waals surface area contributed by atoms with Crippen molar-refractivity contribution in [3.05, 3.63) is 0 Å². The van der Waals surface area contributed by atoms with Gasteiger partial charge in [-0.05, 0) is 27.1 Å². The van der Waals surface area contributed by atoms with Crippen molar-refractivity contribution in [2.75, 3.05) is 40.3 Å². The van der Waals surface area contributed by atoms with E-state index in [9.17, 15) is 0 Å². The highest BCUT2D eigenvalue weighted by Crippen LogP contribution is 2.01. The van der Waals surface area contributed by atoms with Crippen LogP contribution >= 0.6 is 0 Å². The summed E-state index contributed by atoms with van der Waals surface area (Å²) in [4.78, 5) is 2.18. The van der Waals surface area contributed by atoms with Gasteiger partial charge in [-0.15, -0.1) is 0 Å². The quantitative estimate of drug-likeness (QED) is 0.608. The topological polar surface area (TPSA) is 24.5 Å². The van der Waals surface area contributed by atoms with Gasteiger partial charge in [-0.25, -0.2) is 0 Å². The highest BCUT2D eigenvalue weighted by molar-refractivity contribution is 4.66. The number of likely N-dealkylation sites (N-methyl/N-ethyl adjacent to an activating group) is 1. The third-order valence-electron chi connectivity index (χ3n) is 1.84. The van der Waals surface area contributed by atoms with Crippen LogP contribution in [0, 0.1) is 0 Å². The van der Waals surface area contributed by atoms with E-state index >= 15 is 0 Å². The summed E-state index contributed by atoms with van der Waals surface area (Å²) in [6, 6.07) is 0. The van der Waals surface area contributed by atoms with Crippen molar-refractivity contribution in [3.8, 4) is 0 Å². The molecule has 3 nitrogen and oxygen atoms in total. The van der Waals surface area contributed by atoms with Gasteiger partial charge >= 0.3 is 0 Å². The van der Waals surface area contributed by atoms with E-state index in [1.165, 1.54) is 0 Å². The maximum Gasteiger partial charge on any atom is 0.0714 e. The number of hydrogen-bond donors (Lipinski definition) is 1. The third kappa shape index (κ3) is 3.70. The van der Waals surface area contributed by atoms with Crippen molar-refractivity contribution in [1.82, 2.24) is 10.2 Å². The van der Waals surface area contributed by atoms with Crippen LogP contribution in [0.5, 0.6) is 0 Å². The molecular formula is C8H18N2O. The molecule has 1 heterocycles. The smallest absolute Gasteiger partial charge is 0.0714 e. The Kier molecular flexibility index (Phi) is 3.83. The van der Waals surface area contributed by atoms with E-state index in [2.05, 4.69) is 24.3 Å². The van der Waals surface area contributed by atoms with Crippen LogP contribution in [-0.4, -0.2) is 51.3 Å². The first kappa shape index (κ1) is 8.97. The molecule has 0 saturated carbocycles. The van der Waals surface area contributed by atoms with Crippen molar-refractivity contribution >= 4 is 0 Å². The molecule has 0 aromatic heterocycles. The number of nitrogens with one attached hydrogen (secondary N) is 1.